The summed E-state index contributed by atoms with van der Waals surface area (Å²) in [5, 5.41) is 2.74. The Morgan fingerprint density at radius 3 is 2.62 bits per heavy atom. The number of rotatable bonds is 5. The smallest absolute Gasteiger partial charge is 0.241 e. The normalized spacial score (nSPS) is 12.0. The van der Waals surface area contributed by atoms with Crippen LogP contribution in [0.15, 0.2) is 48.5 Å². The number of amides is 1. The standard InChI is InChI=1S/C17H19FN2O/c1-12-11-14(18)8-10-16(12)20-17(21)15(19)9-7-13-5-3-2-4-6-13/h2-6,8,10-11,15H,7,9,19H2,1H3,(H,20,21). The van der Waals surface area contributed by atoms with Crippen LogP contribution in [0.2, 0.25) is 0 Å². The molecule has 2 aromatic carbocycles. The molecule has 3 N–H and O–H groups in total. The van der Waals surface area contributed by atoms with E-state index in [1.807, 2.05) is 30.3 Å². The molecule has 0 aliphatic heterocycles. The quantitative estimate of drug-likeness (QED) is 0.887. The van der Waals surface area contributed by atoms with Crippen LogP contribution in [0.4, 0.5) is 10.1 Å². The lowest BCUT2D eigenvalue weighted by Crippen LogP contribution is -2.36. The molecule has 0 aromatic heterocycles. The number of hydrogen-bond donors (Lipinski definition) is 2. The zero-order chi connectivity index (χ0) is 15.2. The lowest BCUT2D eigenvalue weighted by Gasteiger charge is -2.13. The molecule has 21 heavy (non-hydrogen) atoms. The van der Waals surface area contributed by atoms with Gasteiger partial charge in [-0.05, 0) is 49.1 Å². The van der Waals surface area contributed by atoms with Gasteiger partial charge in [-0.15, -0.1) is 0 Å². The van der Waals surface area contributed by atoms with E-state index < -0.39 is 6.04 Å². The Balaban J connectivity index is 1.90. The second-order valence-electron chi connectivity index (χ2n) is 5.08. The third-order valence-corrected chi connectivity index (χ3v) is 3.37. The van der Waals surface area contributed by atoms with Crippen LogP contribution in [0.1, 0.15) is 17.5 Å². The summed E-state index contributed by atoms with van der Waals surface area (Å²) in [6.45, 7) is 1.74. The predicted molar refractivity (Wildman–Crippen MR) is 82.5 cm³/mol. The molecule has 4 heteroatoms. The third-order valence-electron chi connectivity index (χ3n) is 3.37. The van der Waals surface area contributed by atoms with Crippen LogP contribution in [0.5, 0.6) is 0 Å². The van der Waals surface area contributed by atoms with Crippen molar-refractivity contribution in [1.82, 2.24) is 0 Å². The van der Waals surface area contributed by atoms with Crippen molar-refractivity contribution in [2.45, 2.75) is 25.8 Å². The number of anilines is 1. The minimum absolute atomic E-state index is 0.249. The average molecular weight is 286 g/mol. The van der Waals surface area contributed by atoms with E-state index >= 15 is 0 Å². The molecule has 3 nitrogen and oxygen atoms in total. The maximum atomic E-state index is 13.0. The van der Waals surface area contributed by atoms with Gasteiger partial charge in [0.15, 0.2) is 0 Å². The van der Waals surface area contributed by atoms with Crippen molar-refractivity contribution in [2.24, 2.45) is 5.73 Å². The maximum Gasteiger partial charge on any atom is 0.241 e. The topological polar surface area (TPSA) is 55.1 Å². The Morgan fingerprint density at radius 1 is 1.24 bits per heavy atom. The number of nitrogens with two attached hydrogens (primary N) is 1. The minimum Gasteiger partial charge on any atom is -0.324 e. The van der Waals surface area contributed by atoms with Gasteiger partial charge in [-0.25, -0.2) is 4.39 Å². The fraction of sp³-hybridized carbons (Fsp3) is 0.235. The van der Waals surface area contributed by atoms with E-state index in [2.05, 4.69) is 5.32 Å². The van der Waals surface area contributed by atoms with Gasteiger partial charge in [0.1, 0.15) is 5.82 Å². The molecule has 1 atom stereocenters. The summed E-state index contributed by atoms with van der Waals surface area (Å²) in [5.41, 5.74) is 8.33. The zero-order valence-electron chi connectivity index (χ0n) is 12.0. The third kappa shape index (κ3) is 4.39. The average Bonchev–Trinajstić information content (AvgIpc) is 2.48. The molecule has 1 amide bonds. The van der Waals surface area contributed by atoms with Gasteiger partial charge in [-0.3, -0.25) is 4.79 Å². The Hall–Kier alpha value is -2.20. The van der Waals surface area contributed by atoms with Crippen molar-refractivity contribution in [2.75, 3.05) is 5.32 Å². The van der Waals surface area contributed by atoms with Gasteiger partial charge in [0.2, 0.25) is 5.91 Å². The lowest BCUT2D eigenvalue weighted by atomic mass is 10.1. The summed E-state index contributed by atoms with van der Waals surface area (Å²) < 4.78 is 13.0. The van der Waals surface area contributed by atoms with Crippen molar-refractivity contribution in [3.8, 4) is 0 Å². The van der Waals surface area contributed by atoms with Crippen LogP contribution in [0.3, 0.4) is 0 Å². The predicted octanol–water partition coefficient (Wildman–Crippen LogP) is 3.03. The first-order valence-electron chi connectivity index (χ1n) is 6.93. The summed E-state index contributed by atoms with van der Waals surface area (Å²) in [5.74, 6) is -0.570. The molecule has 0 aliphatic carbocycles. The maximum absolute atomic E-state index is 13.0. The lowest BCUT2D eigenvalue weighted by molar-refractivity contribution is -0.117. The highest BCUT2D eigenvalue weighted by atomic mass is 19.1. The van der Waals surface area contributed by atoms with Crippen molar-refractivity contribution >= 4 is 11.6 Å². The van der Waals surface area contributed by atoms with Crippen molar-refractivity contribution < 1.29 is 9.18 Å². The van der Waals surface area contributed by atoms with Crippen LogP contribution in [0.25, 0.3) is 0 Å². The monoisotopic (exact) mass is 286 g/mol. The number of aryl methyl sites for hydroxylation is 2. The number of hydrogen-bond acceptors (Lipinski definition) is 2. The molecule has 0 heterocycles. The van der Waals surface area contributed by atoms with E-state index in [9.17, 15) is 9.18 Å². The van der Waals surface area contributed by atoms with Gasteiger partial charge >= 0.3 is 0 Å². The molecule has 0 bridgehead atoms. The molecule has 0 saturated heterocycles. The fourth-order valence-corrected chi connectivity index (χ4v) is 2.09. The van der Waals surface area contributed by atoms with Gasteiger partial charge in [0.05, 0.1) is 6.04 Å². The highest BCUT2D eigenvalue weighted by Gasteiger charge is 2.14. The van der Waals surface area contributed by atoms with Crippen molar-refractivity contribution in [3.63, 3.8) is 0 Å². The van der Waals surface area contributed by atoms with Gasteiger partial charge in [0.25, 0.3) is 0 Å². The van der Waals surface area contributed by atoms with Crippen LogP contribution in [-0.2, 0) is 11.2 Å². The summed E-state index contributed by atoms with van der Waals surface area (Å²) in [6.07, 6.45) is 1.31. The van der Waals surface area contributed by atoms with Gasteiger partial charge in [0, 0.05) is 5.69 Å². The van der Waals surface area contributed by atoms with E-state index in [1.54, 1.807) is 13.0 Å². The Kier molecular flexibility index (Phi) is 5.06. The van der Waals surface area contributed by atoms with Gasteiger partial charge in [-0.1, -0.05) is 30.3 Å². The second-order valence-corrected chi connectivity index (χ2v) is 5.08. The summed E-state index contributed by atoms with van der Waals surface area (Å²) in [7, 11) is 0. The van der Waals surface area contributed by atoms with Crippen LogP contribution in [0, 0.1) is 12.7 Å². The summed E-state index contributed by atoms with van der Waals surface area (Å²) >= 11 is 0. The van der Waals surface area contributed by atoms with Gasteiger partial charge in [-0.2, -0.15) is 0 Å². The molecule has 1 unspecified atom stereocenters. The summed E-state index contributed by atoms with van der Waals surface area (Å²) in [4.78, 5) is 12.0. The SMILES string of the molecule is Cc1cc(F)ccc1NC(=O)C(N)CCc1ccccc1. The summed E-state index contributed by atoms with van der Waals surface area (Å²) in [6, 6.07) is 13.5. The van der Waals surface area contributed by atoms with Crippen LogP contribution in [-0.4, -0.2) is 11.9 Å². The molecule has 0 fully saturated rings. The number of carbonyl (C=O) groups is 1. The van der Waals surface area contributed by atoms with E-state index in [0.29, 0.717) is 17.7 Å². The molecular formula is C17H19FN2O. The van der Waals surface area contributed by atoms with E-state index in [0.717, 1.165) is 12.0 Å². The molecule has 0 spiro atoms. The van der Waals surface area contributed by atoms with Crippen LogP contribution >= 0.6 is 0 Å². The highest BCUT2D eigenvalue weighted by Crippen LogP contribution is 2.16. The first-order chi connectivity index (χ1) is 10.1. The molecule has 2 aromatic rings. The molecule has 2 rings (SSSR count). The molecule has 110 valence electrons. The Morgan fingerprint density at radius 2 is 1.95 bits per heavy atom. The second kappa shape index (κ2) is 6.99. The van der Waals surface area contributed by atoms with Crippen molar-refractivity contribution in [3.05, 3.63) is 65.5 Å². The van der Waals surface area contributed by atoms with E-state index in [4.69, 9.17) is 5.73 Å². The highest BCUT2D eigenvalue weighted by molar-refractivity contribution is 5.95. The van der Waals surface area contributed by atoms with Crippen LogP contribution < -0.4 is 11.1 Å². The molecule has 0 radical (unpaired) electrons. The van der Waals surface area contributed by atoms with E-state index in [-0.39, 0.29) is 11.7 Å². The fourth-order valence-electron chi connectivity index (χ4n) is 2.09. The number of halogens is 1. The largest absolute Gasteiger partial charge is 0.324 e. The molecular weight excluding hydrogens is 267 g/mol. The number of benzene rings is 2. The van der Waals surface area contributed by atoms with E-state index in [1.165, 1.54) is 12.1 Å². The first-order valence-corrected chi connectivity index (χ1v) is 6.93. The number of nitrogens with one attached hydrogen (secondary N) is 1. The number of carbonyl (C=O) groups excluding carboxylic acids is 1. The minimum atomic E-state index is -0.588. The first kappa shape index (κ1) is 15.2. The zero-order valence-corrected chi connectivity index (χ0v) is 12.0. The molecule has 0 saturated carbocycles. The van der Waals surface area contributed by atoms with Crippen molar-refractivity contribution in [1.29, 1.82) is 0 Å². The Labute approximate surface area is 124 Å². The Bertz CT molecular complexity index is 613. The van der Waals surface area contributed by atoms with Gasteiger partial charge < -0.3 is 11.1 Å². The molecule has 0 aliphatic rings.